The fraction of sp³-hybridized carbons (Fsp3) is 0.619. The van der Waals surface area contributed by atoms with Crippen molar-refractivity contribution < 1.29 is 14.3 Å². The predicted molar refractivity (Wildman–Crippen MR) is 101 cm³/mol. The summed E-state index contributed by atoms with van der Waals surface area (Å²) >= 11 is 0. The third-order valence-corrected chi connectivity index (χ3v) is 5.56. The SMILES string of the molecule is COCc1ccc(C(=O)N2CCC(C(=O)N3CCCCCC3)CC2)cc1. The maximum Gasteiger partial charge on any atom is 0.253 e. The van der Waals surface area contributed by atoms with Crippen LogP contribution in [0.2, 0.25) is 0 Å². The summed E-state index contributed by atoms with van der Waals surface area (Å²) in [5.74, 6) is 0.457. The molecule has 0 saturated carbocycles. The molecule has 2 saturated heterocycles. The Hall–Kier alpha value is -1.88. The third kappa shape index (κ3) is 4.64. The molecule has 2 aliphatic heterocycles. The van der Waals surface area contributed by atoms with E-state index >= 15 is 0 Å². The summed E-state index contributed by atoms with van der Waals surface area (Å²) in [5.41, 5.74) is 1.77. The van der Waals surface area contributed by atoms with Crippen LogP contribution in [0.5, 0.6) is 0 Å². The molecule has 0 N–H and O–H groups in total. The van der Waals surface area contributed by atoms with Crippen LogP contribution in [-0.2, 0) is 16.1 Å². The summed E-state index contributed by atoms with van der Waals surface area (Å²) in [4.78, 5) is 29.4. The third-order valence-electron chi connectivity index (χ3n) is 5.56. The van der Waals surface area contributed by atoms with E-state index in [-0.39, 0.29) is 11.8 Å². The second-order valence-corrected chi connectivity index (χ2v) is 7.44. The van der Waals surface area contributed by atoms with Crippen molar-refractivity contribution in [3.8, 4) is 0 Å². The number of ether oxygens (including phenoxy) is 1. The molecule has 0 bridgehead atoms. The van der Waals surface area contributed by atoms with Crippen molar-refractivity contribution in [1.29, 1.82) is 0 Å². The second kappa shape index (κ2) is 9.17. The molecule has 1 aromatic rings. The van der Waals surface area contributed by atoms with Crippen LogP contribution in [0.25, 0.3) is 0 Å². The summed E-state index contributed by atoms with van der Waals surface area (Å²) in [6.45, 7) is 3.71. The van der Waals surface area contributed by atoms with E-state index in [9.17, 15) is 9.59 Å². The molecule has 3 rings (SSSR count). The van der Waals surface area contributed by atoms with Crippen molar-refractivity contribution in [2.24, 2.45) is 5.92 Å². The average Bonchev–Trinajstić information content (AvgIpc) is 2.97. The number of methoxy groups -OCH3 is 1. The molecule has 0 atom stereocenters. The molecule has 0 radical (unpaired) electrons. The van der Waals surface area contributed by atoms with Crippen LogP contribution in [0, 0.1) is 5.92 Å². The lowest BCUT2D eigenvalue weighted by Gasteiger charge is -2.34. The molecule has 0 spiro atoms. The van der Waals surface area contributed by atoms with Crippen LogP contribution < -0.4 is 0 Å². The number of piperidine rings is 1. The van der Waals surface area contributed by atoms with E-state index in [4.69, 9.17) is 4.74 Å². The Labute approximate surface area is 156 Å². The Kier molecular flexibility index (Phi) is 6.67. The quantitative estimate of drug-likeness (QED) is 0.831. The van der Waals surface area contributed by atoms with E-state index in [0.717, 1.165) is 44.3 Å². The zero-order chi connectivity index (χ0) is 18.4. The van der Waals surface area contributed by atoms with Gasteiger partial charge in [-0.25, -0.2) is 0 Å². The number of likely N-dealkylation sites (tertiary alicyclic amines) is 2. The Morgan fingerprint density at radius 3 is 2.12 bits per heavy atom. The number of hydrogen-bond donors (Lipinski definition) is 0. The van der Waals surface area contributed by atoms with Gasteiger partial charge in [0.1, 0.15) is 0 Å². The molecule has 1 aromatic carbocycles. The lowest BCUT2D eigenvalue weighted by Crippen LogP contribution is -2.44. The number of nitrogens with zero attached hydrogens (tertiary/aromatic N) is 2. The van der Waals surface area contributed by atoms with Gasteiger partial charge in [-0.1, -0.05) is 25.0 Å². The number of carbonyl (C=O) groups excluding carboxylic acids is 2. The van der Waals surface area contributed by atoms with Crippen LogP contribution in [0.3, 0.4) is 0 Å². The molecular weight excluding hydrogens is 328 g/mol. The lowest BCUT2D eigenvalue weighted by atomic mass is 9.94. The molecule has 5 heteroatoms. The minimum absolute atomic E-state index is 0.0645. The number of rotatable bonds is 4. The highest BCUT2D eigenvalue weighted by Crippen LogP contribution is 2.23. The summed E-state index contributed by atoms with van der Waals surface area (Å²) in [7, 11) is 1.66. The van der Waals surface area contributed by atoms with Gasteiger partial charge in [0.25, 0.3) is 5.91 Å². The van der Waals surface area contributed by atoms with Crippen LogP contribution >= 0.6 is 0 Å². The molecule has 2 heterocycles. The molecule has 2 amide bonds. The predicted octanol–water partition coefficient (Wildman–Crippen LogP) is 3.09. The first kappa shape index (κ1) is 18.9. The molecular formula is C21H30N2O3. The lowest BCUT2D eigenvalue weighted by molar-refractivity contribution is -0.136. The molecule has 0 aliphatic carbocycles. The number of carbonyl (C=O) groups is 2. The van der Waals surface area contributed by atoms with Gasteiger partial charge in [-0.2, -0.15) is 0 Å². The maximum atomic E-state index is 12.8. The highest BCUT2D eigenvalue weighted by atomic mass is 16.5. The first-order chi connectivity index (χ1) is 12.7. The number of benzene rings is 1. The van der Waals surface area contributed by atoms with Gasteiger partial charge < -0.3 is 14.5 Å². The molecule has 0 unspecified atom stereocenters. The molecule has 2 fully saturated rings. The van der Waals surface area contributed by atoms with Crippen molar-refractivity contribution in [2.45, 2.75) is 45.1 Å². The topological polar surface area (TPSA) is 49.9 Å². The Bertz CT molecular complexity index is 598. The van der Waals surface area contributed by atoms with Crippen molar-refractivity contribution in [2.75, 3.05) is 33.3 Å². The van der Waals surface area contributed by atoms with E-state index in [1.54, 1.807) is 7.11 Å². The van der Waals surface area contributed by atoms with Crippen molar-refractivity contribution in [1.82, 2.24) is 9.80 Å². The van der Waals surface area contributed by atoms with E-state index in [1.165, 1.54) is 12.8 Å². The van der Waals surface area contributed by atoms with Gasteiger partial charge in [-0.05, 0) is 43.4 Å². The van der Waals surface area contributed by atoms with Crippen LogP contribution in [0.1, 0.15) is 54.4 Å². The zero-order valence-electron chi connectivity index (χ0n) is 15.8. The average molecular weight is 358 g/mol. The zero-order valence-corrected chi connectivity index (χ0v) is 15.8. The highest BCUT2D eigenvalue weighted by Gasteiger charge is 2.30. The normalized spacial score (nSPS) is 19.3. The van der Waals surface area contributed by atoms with Gasteiger partial charge in [0.05, 0.1) is 6.61 Å². The fourth-order valence-electron chi connectivity index (χ4n) is 3.97. The van der Waals surface area contributed by atoms with Gasteiger partial charge in [0.2, 0.25) is 5.91 Å². The summed E-state index contributed by atoms with van der Waals surface area (Å²) in [5, 5.41) is 0. The first-order valence-electron chi connectivity index (χ1n) is 9.85. The summed E-state index contributed by atoms with van der Waals surface area (Å²) in [6.07, 6.45) is 6.29. The van der Waals surface area contributed by atoms with Crippen molar-refractivity contribution in [3.63, 3.8) is 0 Å². The van der Waals surface area contributed by atoms with Crippen molar-refractivity contribution in [3.05, 3.63) is 35.4 Å². The summed E-state index contributed by atoms with van der Waals surface area (Å²) in [6, 6.07) is 7.61. The molecule has 142 valence electrons. The van der Waals surface area contributed by atoms with E-state index in [2.05, 4.69) is 4.90 Å². The van der Waals surface area contributed by atoms with Gasteiger partial charge in [-0.3, -0.25) is 9.59 Å². The number of amides is 2. The van der Waals surface area contributed by atoms with Gasteiger partial charge in [0, 0.05) is 44.8 Å². The van der Waals surface area contributed by atoms with E-state index < -0.39 is 0 Å². The smallest absolute Gasteiger partial charge is 0.253 e. The Morgan fingerprint density at radius 2 is 1.54 bits per heavy atom. The van der Waals surface area contributed by atoms with Crippen LogP contribution in [-0.4, -0.2) is 54.9 Å². The van der Waals surface area contributed by atoms with E-state index in [1.807, 2.05) is 29.2 Å². The Morgan fingerprint density at radius 1 is 0.923 bits per heavy atom. The second-order valence-electron chi connectivity index (χ2n) is 7.44. The molecule has 26 heavy (non-hydrogen) atoms. The fourth-order valence-corrected chi connectivity index (χ4v) is 3.97. The van der Waals surface area contributed by atoms with Gasteiger partial charge >= 0.3 is 0 Å². The summed E-state index contributed by atoms with van der Waals surface area (Å²) < 4.78 is 5.11. The standard InChI is InChI=1S/C21H30N2O3/c1-26-16-17-6-8-18(9-7-17)20(24)23-14-10-19(11-15-23)21(25)22-12-4-2-3-5-13-22/h6-9,19H,2-5,10-16H2,1H3. The molecule has 0 aromatic heterocycles. The van der Waals surface area contributed by atoms with Crippen LogP contribution in [0.4, 0.5) is 0 Å². The highest BCUT2D eigenvalue weighted by molar-refractivity contribution is 5.94. The maximum absolute atomic E-state index is 12.8. The monoisotopic (exact) mass is 358 g/mol. The first-order valence-corrected chi connectivity index (χ1v) is 9.85. The Balaban J connectivity index is 1.52. The van der Waals surface area contributed by atoms with Gasteiger partial charge in [-0.15, -0.1) is 0 Å². The molecule has 2 aliphatic rings. The van der Waals surface area contributed by atoms with Crippen LogP contribution in [0.15, 0.2) is 24.3 Å². The van der Waals surface area contributed by atoms with E-state index in [0.29, 0.717) is 31.2 Å². The minimum Gasteiger partial charge on any atom is -0.380 e. The minimum atomic E-state index is 0.0645. The largest absolute Gasteiger partial charge is 0.380 e. The number of hydrogen-bond acceptors (Lipinski definition) is 3. The van der Waals surface area contributed by atoms with Crippen molar-refractivity contribution >= 4 is 11.8 Å². The van der Waals surface area contributed by atoms with Gasteiger partial charge in [0.15, 0.2) is 0 Å². The molecule has 5 nitrogen and oxygen atoms in total.